The molecule has 7 nitrogen and oxygen atoms in total. The molecule has 1 atom stereocenters. The van der Waals surface area contributed by atoms with Gasteiger partial charge in [0.05, 0.1) is 19.1 Å². The van der Waals surface area contributed by atoms with E-state index in [1.165, 1.54) is 21.0 Å². The highest BCUT2D eigenvalue weighted by molar-refractivity contribution is 7.92. The molecule has 128 valence electrons. The van der Waals surface area contributed by atoms with Crippen molar-refractivity contribution in [2.24, 2.45) is 0 Å². The lowest BCUT2D eigenvalue weighted by atomic mass is 9.88. The number of nitrogens with one attached hydrogen (secondary N) is 1. The molecule has 23 heavy (non-hydrogen) atoms. The minimum atomic E-state index is -3.50. The van der Waals surface area contributed by atoms with E-state index in [0.29, 0.717) is 11.3 Å². The Morgan fingerprint density at radius 2 is 2.00 bits per heavy atom. The van der Waals surface area contributed by atoms with Crippen LogP contribution in [0.2, 0.25) is 0 Å². The molecule has 1 aromatic rings. The van der Waals surface area contributed by atoms with Crippen molar-refractivity contribution in [1.29, 1.82) is 0 Å². The lowest BCUT2D eigenvalue weighted by Crippen LogP contribution is -2.47. The van der Waals surface area contributed by atoms with Crippen molar-refractivity contribution in [2.75, 3.05) is 18.6 Å². The van der Waals surface area contributed by atoms with Crippen molar-refractivity contribution in [3.8, 4) is 5.75 Å². The van der Waals surface area contributed by atoms with Gasteiger partial charge in [-0.25, -0.2) is 8.42 Å². The number of carbonyl (C=O) groups excluding carboxylic acids is 1. The summed E-state index contributed by atoms with van der Waals surface area (Å²) < 4.78 is 28.2. The maximum absolute atomic E-state index is 12.0. The molecule has 0 aliphatic carbocycles. The molecule has 0 bridgehead atoms. The van der Waals surface area contributed by atoms with E-state index in [1.807, 2.05) is 0 Å². The largest absolute Gasteiger partial charge is 0.497 e. The van der Waals surface area contributed by atoms with Gasteiger partial charge in [-0.2, -0.15) is 0 Å². The van der Waals surface area contributed by atoms with Crippen molar-refractivity contribution < 1.29 is 27.9 Å². The number of ether oxygens (including phenoxy) is 1. The number of benzene rings is 1. The smallest absolute Gasteiger partial charge is 0.306 e. The average molecular weight is 343 g/mol. The Bertz CT molecular complexity index is 685. The SMILES string of the molecule is CCS(=O)(=O)CC(=O)NC(C)(CC(=O)O)c1cccc(OC)c1. The molecule has 8 heteroatoms. The minimum Gasteiger partial charge on any atom is -0.497 e. The van der Waals surface area contributed by atoms with Crippen LogP contribution in [-0.4, -0.2) is 44.0 Å². The first-order valence-corrected chi connectivity index (χ1v) is 8.82. The third-order valence-corrected chi connectivity index (χ3v) is 5.00. The molecule has 0 aromatic heterocycles. The topological polar surface area (TPSA) is 110 Å². The predicted molar refractivity (Wildman–Crippen MR) is 85.1 cm³/mol. The molecular weight excluding hydrogens is 322 g/mol. The molecule has 0 saturated carbocycles. The van der Waals surface area contributed by atoms with Gasteiger partial charge in [0.15, 0.2) is 9.84 Å². The van der Waals surface area contributed by atoms with Crippen LogP contribution in [0.5, 0.6) is 5.75 Å². The summed E-state index contributed by atoms with van der Waals surface area (Å²) in [4.78, 5) is 23.2. The Morgan fingerprint density at radius 3 is 2.52 bits per heavy atom. The number of aliphatic carboxylic acids is 1. The second-order valence-electron chi connectivity index (χ2n) is 5.36. The predicted octanol–water partition coefficient (Wildman–Crippen LogP) is 0.936. The summed E-state index contributed by atoms with van der Waals surface area (Å²) >= 11 is 0. The Kier molecular flexibility index (Phi) is 6.14. The number of rotatable bonds is 8. The summed E-state index contributed by atoms with van der Waals surface area (Å²) in [6.45, 7) is 2.98. The Morgan fingerprint density at radius 1 is 1.35 bits per heavy atom. The zero-order valence-corrected chi connectivity index (χ0v) is 14.1. The fourth-order valence-electron chi connectivity index (χ4n) is 2.13. The molecule has 2 N–H and O–H groups in total. The molecule has 1 rings (SSSR count). The number of carboxylic acids is 1. The number of amides is 1. The van der Waals surface area contributed by atoms with E-state index < -0.39 is 39.4 Å². The van der Waals surface area contributed by atoms with Gasteiger partial charge < -0.3 is 15.2 Å². The van der Waals surface area contributed by atoms with Crippen molar-refractivity contribution in [3.05, 3.63) is 29.8 Å². The molecule has 0 saturated heterocycles. The highest BCUT2D eigenvalue weighted by atomic mass is 32.2. The van der Waals surface area contributed by atoms with E-state index in [4.69, 9.17) is 9.84 Å². The third-order valence-electron chi connectivity index (χ3n) is 3.42. The standard InChI is InChI=1S/C15H21NO6S/c1-4-23(20,21)10-13(17)16-15(2,9-14(18)19)11-6-5-7-12(8-11)22-3/h5-8H,4,9-10H2,1-3H3,(H,16,17)(H,18,19). The first kappa shape index (κ1) is 19.0. The molecule has 1 amide bonds. The fraction of sp³-hybridized carbons (Fsp3) is 0.467. The highest BCUT2D eigenvalue weighted by Crippen LogP contribution is 2.27. The maximum atomic E-state index is 12.0. The number of sulfone groups is 1. The molecule has 0 spiro atoms. The molecule has 0 aliphatic heterocycles. The number of carboxylic acid groups (broad SMARTS) is 1. The van der Waals surface area contributed by atoms with E-state index in [1.54, 1.807) is 24.3 Å². The third kappa shape index (κ3) is 5.55. The van der Waals surface area contributed by atoms with E-state index in [-0.39, 0.29) is 5.75 Å². The number of carbonyl (C=O) groups is 2. The lowest BCUT2D eigenvalue weighted by Gasteiger charge is -2.30. The molecule has 1 aromatic carbocycles. The first-order chi connectivity index (χ1) is 10.6. The summed E-state index contributed by atoms with van der Waals surface area (Å²) in [5, 5.41) is 11.7. The van der Waals surface area contributed by atoms with Gasteiger partial charge in [-0.1, -0.05) is 19.1 Å². The molecule has 0 aliphatic rings. The summed E-state index contributed by atoms with van der Waals surface area (Å²) in [5.74, 6) is -2.18. The van der Waals surface area contributed by atoms with Gasteiger partial charge in [-0.3, -0.25) is 9.59 Å². The number of methoxy groups -OCH3 is 1. The average Bonchev–Trinajstić information content (AvgIpc) is 2.45. The molecule has 0 fully saturated rings. The molecule has 0 radical (unpaired) electrons. The first-order valence-electron chi connectivity index (χ1n) is 6.99. The summed E-state index contributed by atoms with van der Waals surface area (Å²) in [5.41, 5.74) is -0.734. The van der Waals surface area contributed by atoms with Crippen LogP contribution in [-0.2, 0) is 25.0 Å². The lowest BCUT2D eigenvalue weighted by molar-refractivity contribution is -0.139. The van der Waals surface area contributed by atoms with Gasteiger partial charge in [0.2, 0.25) is 5.91 Å². The van der Waals surface area contributed by atoms with Crippen molar-refractivity contribution >= 4 is 21.7 Å². The van der Waals surface area contributed by atoms with Crippen molar-refractivity contribution in [2.45, 2.75) is 25.8 Å². The minimum absolute atomic E-state index is 0.158. The van der Waals surface area contributed by atoms with Crippen LogP contribution < -0.4 is 10.1 Å². The zero-order chi connectivity index (χ0) is 17.7. The normalized spacial score (nSPS) is 13.9. The fourth-order valence-corrected chi connectivity index (χ4v) is 2.81. The van der Waals surface area contributed by atoms with E-state index in [0.717, 1.165) is 0 Å². The van der Waals surface area contributed by atoms with Crippen LogP contribution >= 0.6 is 0 Å². The maximum Gasteiger partial charge on any atom is 0.306 e. The number of hydrogen-bond acceptors (Lipinski definition) is 5. The summed E-state index contributed by atoms with van der Waals surface area (Å²) in [6, 6.07) is 6.62. The van der Waals surface area contributed by atoms with E-state index in [2.05, 4.69) is 5.32 Å². The van der Waals surface area contributed by atoms with E-state index >= 15 is 0 Å². The van der Waals surface area contributed by atoms with E-state index in [9.17, 15) is 18.0 Å². The van der Waals surface area contributed by atoms with Crippen molar-refractivity contribution in [1.82, 2.24) is 5.32 Å². The quantitative estimate of drug-likeness (QED) is 0.727. The van der Waals surface area contributed by atoms with Crippen molar-refractivity contribution in [3.63, 3.8) is 0 Å². The zero-order valence-electron chi connectivity index (χ0n) is 13.3. The number of hydrogen-bond donors (Lipinski definition) is 2. The van der Waals surface area contributed by atoms with Crippen LogP contribution in [0.25, 0.3) is 0 Å². The molecule has 0 heterocycles. The van der Waals surface area contributed by atoms with Gasteiger partial charge in [-0.15, -0.1) is 0 Å². The van der Waals surface area contributed by atoms with Gasteiger partial charge in [0.1, 0.15) is 11.5 Å². The Hall–Kier alpha value is -2.09. The molecule has 1 unspecified atom stereocenters. The second-order valence-corrected chi connectivity index (χ2v) is 7.71. The monoisotopic (exact) mass is 343 g/mol. The van der Waals surface area contributed by atoms with Gasteiger partial charge >= 0.3 is 5.97 Å². The Labute approximate surface area is 135 Å². The van der Waals surface area contributed by atoms with Gasteiger partial charge in [-0.05, 0) is 24.6 Å². The Balaban J connectivity index is 3.11. The van der Waals surface area contributed by atoms with Crippen LogP contribution in [0.1, 0.15) is 25.8 Å². The van der Waals surface area contributed by atoms with Gasteiger partial charge in [0, 0.05) is 5.75 Å². The summed E-state index contributed by atoms with van der Waals surface area (Å²) in [6.07, 6.45) is -0.391. The van der Waals surface area contributed by atoms with Crippen LogP contribution in [0.4, 0.5) is 0 Å². The second kappa shape index (κ2) is 7.45. The highest BCUT2D eigenvalue weighted by Gasteiger charge is 2.32. The van der Waals surface area contributed by atoms with Crippen LogP contribution in [0, 0.1) is 0 Å². The van der Waals surface area contributed by atoms with Gasteiger partial charge in [0.25, 0.3) is 0 Å². The van der Waals surface area contributed by atoms with Crippen LogP contribution in [0.3, 0.4) is 0 Å². The summed E-state index contributed by atoms with van der Waals surface area (Å²) in [7, 11) is -2.03. The van der Waals surface area contributed by atoms with Crippen LogP contribution in [0.15, 0.2) is 24.3 Å². The molecular formula is C15H21NO6S.